The van der Waals surface area contributed by atoms with Gasteiger partial charge >= 0.3 is 0 Å². The van der Waals surface area contributed by atoms with Crippen LogP contribution in [0.3, 0.4) is 0 Å². The Morgan fingerprint density at radius 2 is 2.18 bits per heavy atom. The SMILES string of the molecule is O=c1[nH]c(-c2ccco2)nc2cc(F)ccc12. The average Bonchev–Trinajstić information content (AvgIpc) is 2.81. The van der Waals surface area contributed by atoms with Crippen LogP contribution in [0.1, 0.15) is 0 Å². The Hall–Kier alpha value is -2.43. The molecule has 4 nitrogen and oxygen atoms in total. The van der Waals surface area contributed by atoms with Gasteiger partial charge in [-0.2, -0.15) is 0 Å². The molecule has 84 valence electrons. The molecule has 1 N–H and O–H groups in total. The van der Waals surface area contributed by atoms with Crippen molar-refractivity contribution in [3.63, 3.8) is 0 Å². The van der Waals surface area contributed by atoms with Crippen molar-refractivity contribution >= 4 is 10.9 Å². The lowest BCUT2D eigenvalue weighted by molar-refractivity contribution is 0.577. The zero-order chi connectivity index (χ0) is 11.8. The van der Waals surface area contributed by atoms with E-state index in [0.29, 0.717) is 16.7 Å². The topological polar surface area (TPSA) is 58.9 Å². The van der Waals surface area contributed by atoms with E-state index in [4.69, 9.17) is 4.42 Å². The molecule has 0 atom stereocenters. The van der Waals surface area contributed by atoms with Crippen LogP contribution in [0.5, 0.6) is 0 Å². The first-order chi connectivity index (χ1) is 8.24. The molecular weight excluding hydrogens is 223 g/mol. The van der Waals surface area contributed by atoms with Gasteiger partial charge in [0.15, 0.2) is 11.6 Å². The highest BCUT2D eigenvalue weighted by Crippen LogP contribution is 2.16. The number of H-pyrrole nitrogens is 1. The van der Waals surface area contributed by atoms with Gasteiger partial charge in [0.2, 0.25) is 0 Å². The van der Waals surface area contributed by atoms with Gasteiger partial charge in [-0.25, -0.2) is 9.37 Å². The van der Waals surface area contributed by atoms with E-state index in [9.17, 15) is 9.18 Å². The molecule has 0 saturated heterocycles. The maximum atomic E-state index is 13.1. The van der Waals surface area contributed by atoms with Crippen LogP contribution in [0.25, 0.3) is 22.5 Å². The normalized spacial score (nSPS) is 10.9. The highest BCUT2D eigenvalue weighted by Gasteiger charge is 2.08. The van der Waals surface area contributed by atoms with Gasteiger partial charge in [-0.3, -0.25) is 4.79 Å². The molecule has 0 fully saturated rings. The van der Waals surface area contributed by atoms with Crippen LogP contribution in [0.15, 0.2) is 45.8 Å². The van der Waals surface area contributed by atoms with Crippen molar-refractivity contribution in [2.24, 2.45) is 0 Å². The van der Waals surface area contributed by atoms with Crippen molar-refractivity contribution in [3.8, 4) is 11.6 Å². The van der Waals surface area contributed by atoms with Gasteiger partial charge in [-0.15, -0.1) is 0 Å². The maximum absolute atomic E-state index is 13.1. The Labute approximate surface area is 94.7 Å². The zero-order valence-electron chi connectivity index (χ0n) is 8.61. The van der Waals surface area contributed by atoms with E-state index < -0.39 is 5.82 Å². The fourth-order valence-electron chi connectivity index (χ4n) is 1.64. The molecule has 0 radical (unpaired) electrons. The Morgan fingerprint density at radius 1 is 1.29 bits per heavy atom. The molecule has 0 aliphatic carbocycles. The van der Waals surface area contributed by atoms with Crippen LogP contribution in [0.4, 0.5) is 4.39 Å². The van der Waals surface area contributed by atoms with E-state index in [0.717, 1.165) is 0 Å². The van der Waals surface area contributed by atoms with Crippen LogP contribution in [0.2, 0.25) is 0 Å². The molecule has 0 unspecified atom stereocenters. The molecule has 0 saturated carbocycles. The molecule has 0 aliphatic heterocycles. The zero-order valence-corrected chi connectivity index (χ0v) is 8.61. The standard InChI is InChI=1S/C12H7FN2O2/c13-7-3-4-8-9(6-7)14-11(15-12(8)16)10-2-1-5-17-10/h1-6H,(H,14,15,16). The average molecular weight is 230 g/mol. The minimum atomic E-state index is -0.430. The number of benzene rings is 1. The summed E-state index contributed by atoms with van der Waals surface area (Å²) < 4.78 is 18.2. The van der Waals surface area contributed by atoms with Crippen LogP contribution < -0.4 is 5.56 Å². The Kier molecular flexibility index (Phi) is 2.04. The van der Waals surface area contributed by atoms with Crippen molar-refractivity contribution in [2.75, 3.05) is 0 Å². The molecular formula is C12H7FN2O2. The molecule has 3 rings (SSSR count). The predicted octanol–water partition coefficient (Wildman–Crippen LogP) is 2.32. The molecule has 2 aromatic heterocycles. The molecule has 5 heteroatoms. The van der Waals surface area contributed by atoms with Crippen LogP contribution in [0, 0.1) is 5.82 Å². The summed E-state index contributed by atoms with van der Waals surface area (Å²) in [5, 5.41) is 0.349. The first-order valence-electron chi connectivity index (χ1n) is 4.97. The minimum absolute atomic E-state index is 0.290. The smallest absolute Gasteiger partial charge is 0.259 e. The lowest BCUT2D eigenvalue weighted by Crippen LogP contribution is -2.09. The molecule has 1 aromatic carbocycles. The fraction of sp³-hybridized carbons (Fsp3) is 0. The number of hydrogen-bond acceptors (Lipinski definition) is 3. The first-order valence-corrected chi connectivity index (χ1v) is 4.97. The molecule has 0 amide bonds. The third kappa shape index (κ3) is 1.61. The number of rotatable bonds is 1. The molecule has 2 heterocycles. The maximum Gasteiger partial charge on any atom is 0.259 e. The summed E-state index contributed by atoms with van der Waals surface area (Å²) >= 11 is 0. The third-order valence-electron chi connectivity index (χ3n) is 2.42. The summed E-state index contributed by atoms with van der Waals surface area (Å²) in [6, 6.07) is 7.21. The Balaban J connectivity index is 2.33. The number of furan rings is 1. The number of aromatic nitrogens is 2. The van der Waals surface area contributed by atoms with Gasteiger partial charge in [0.1, 0.15) is 5.82 Å². The van der Waals surface area contributed by atoms with Crippen molar-refractivity contribution in [3.05, 3.63) is 52.8 Å². The van der Waals surface area contributed by atoms with Crippen molar-refractivity contribution in [1.29, 1.82) is 0 Å². The summed E-state index contributed by atoms with van der Waals surface area (Å²) in [5.74, 6) is 0.298. The number of nitrogens with one attached hydrogen (secondary N) is 1. The van der Waals surface area contributed by atoms with Crippen LogP contribution >= 0.6 is 0 Å². The van der Waals surface area contributed by atoms with Crippen molar-refractivity contribution in [2.45, 2.75) is 0 Å². The van der Waals surface area contributed by atoms with Gasteiger partial charge in [0.05, 0.1) is 17.2 Å². The van der Waals surface area contributed by atoms with Gasteiger partial charge in [-0.05, 0) is 24.3 Å². The third-order valence-corrected chi connectivity index (χ3v) is 2.42. The van der Waals surface area contributed by atoms with Gasteiger partial charge in [0.25, 0.3) is 5.56 Å². The number of aromatic amines is 1. The molecule has 0 spiro atoms. The lowest BCUT2D eigenvalue weighted by Gasteiger charge is -2.00. The van der Waals surface area contributed by atoms with Crippen molar-refractivity contribution < 1.29 is 8.81 Å². The largest absolute Gasteiger partial charge is 0.461 e. The Bertz CT molecular complexity index is 732. The van der Waals surface area contributed by atoms with Crippen LogP contribution in [-0.4, -0.2) is 9.97 Å². The second kappa shape index (κ2) is 3.55. The summed E-state index contributed by atoms with van der Waals surface area (Å²) in [4.78, 5) is 18.5. The molecule has 0 aliphatic rings. The molecule has 0 bridgehead atoms. The van der Waals surface area contributed by atoms with E-state index in [-0.39, 0.29) is 11.4 Å². The summed E-state index contributed by atoms with van der Waals surface area (Å²) in [6.45, 7) is 0. The van der Waals surface area contributed by atoms with Gasteiger partial charge in [-0.1, -0.05) is 0 Å². The number of hydrogen-bond donors (Lipinski definition) is 1. The van der Waals surface area contributed by atoms with E-state index >= 15 is 0 Å². The number of halogens is 1. The fourth-order valence-corrected chi connectivity index (χ4v) is 1.64. The minimum Gasteiger partial charge on any atom is -0.461 e. The molecule has 17 heavy (non-hydrogen) atoms. The Morgan fingerprint density at radius 3 is 2.94 bits per heavy atom. The summed E-state index contributed by atoms with van der Waals surface area (Å²) in [7, 11) is 0. The van der Waals surface area contributed by atoms with E-state index in [1.165, 1.54) is 24.5 Å². The highest BCUT2D eigenvalue weighted by molar-refractivity contribution is 5.78. The summed E-state index contributed by atoms with van der Waals surface area (Å²) in [6.07, 6.45) is 1.48. The quantitative estimate of drug-likeness (QED) is 0.697. The van der Waals surface area contributed by atoms with E-state index in [2.05, 4.69) is 9.97 Å². The number of fused-ring (bicyclic) bond motifs is 1. The van der Waals surface area contributed by atoms with Gasteiger partial charge < -0.3 is 9.40 Å². The van der Waals surface area contributed by atoms with Crippen LogP contribution in [-0.2, 0) is 0 Å². The van der Waals surface area contributed by atoms with Gasteiger partial charge in [0, 0.05) is 6.07 Å². The highest BCUT2D eigenvalue weighted by atomic mass is 19.1. The lowest BCUT2D eigenvalue weighted by atomic mass is 10.2. The second-order valence-electron chi connectivity index (χ2n) is 3.55. The predicted molar refractivity (Wildman–Crippen MR) is 60.0 cm³/mol. The first kappa shape index (κ1) is 9.77. The number of nitrogens with zero attached hydrogens (tertiary/aromatic N) is 1. The van der Waals surface area contributed by atoms with E-state index in [1.807, 2.05) is 0 Å². The van der Waals surface area contributed by atoms with E-state index in [1.54, 1.807) is 12.1 Å². The summed E-state index contributed by atoms with van der Waals surface area (Å²) in [5.41, 5.74) is -0.0125. The second-order valence-corrected chi connectivity index (χ2v) is 3.55. The monoisotopic (exact) mass is 230 g/mol. The molecule has 3 aromatic rings. The van der Waals surface area contributed by atoms with Crippen molar-refractivity contribution in [1.82, 2.24) is 9.97 Å².